The lowest BCUT2D eigenvalue weighted by molar-refractivity contribution is 0.598. The smallest absolute Gasteiger partial charge is 0.0457 e. The monoisotopic (exact) mass is 346 g/mol. The molecule has 0 fully saturated rings. The molecule has 0 bridgehead atoms. The standard InChI is InChI=1S/C18H23BrN2/c1-5-20-14(3)17-12-15(19)9-10-18(17)21(4)16-8-6-7-13(2)11-16/h6-12,14,20H,5H2,1-4H3. The lowest BCUT2D eigenvalue weighted by atomic mass is 10.0. The average molecular weight is 347 g/mol. The quantitative estimate of drug-likeness (QED) is 0.800. The first-order chi connectivity index (χ1) is 10.0. The fourth-order valence-electron chi connectivity index (χ4n) is 2.57. The van der Waals surface area contributed by atoms with E-state index in [1.807, 2.05) is 0 Å². The predicted molar refractivity (Wildman–Crippen MR) is 95.5 cm³/mol. The second-order valence-electron chi connectivity index (χ2n) is 5.38. The van der Waals surface area contributed by atoms with E-state index in [0.717, 1.165) is 11.0 Å². The third-order valence-corrected chi connectivity index (χ3v) is 4.21. The number of aryl methyl sites for hydroxylation is 1. The van der Waals surface area contributed by atoms with Crippen LogP contribution in [0.25, 0.3) is 0 Å². The maximum absolute atomic E-state index is 3.59. The lowest BCUT2D eigenvalue weighted by Gasteiger charge is -2.26. The Labute approximate surface area is 136 Å². The highest BCUT2D eigenvalue weighted by Crippen LogP contribution is 2.33. The Balaban J connectivity index is 2.42. The second kappa shape index (κ2) is 7.10. The van der Waals surface area contributed by atoms with Crippen LogP contribution in [0.5, 0.6) is 0 Å². The van der Waals surface area contributed by atoms with Crippen LogP contribution < -0.4 is 10.2 Å². The van der Waals surface area contributed by atoms with Crippen LogP contribution in [-0.4, -0.2) is 13.6 Å². The van der Waals surface area contributed by atoms with E-state index < -0.39 is 0 Å². The van der Waals surface area contributed by atoms with Crippen LogP contribution in [0.2, 0.25) is 0 Å². The Kier molecular flexibility index (Phi) is 5.43. The van der Waals surface area contributed by atoms with Crippen LogP contribution >= 0.6 is 15.9 Å². The Morgan fingerprint density at radius 3 is 2.62 bits per heavy atom. The molecule has 2 aromatic rings. The zero-order valence-corrected chi connectivity index (χ0v) is 14.7. The normalized spacial score (nSPS) is 12.2. The van der Waals surface area contributed by atoms with Crippen molar-refractivity contribution in [2.75, 3.05) is 18.5 Å². The van der Waals surface area contributed by atoms with E-state index in [1.165, 1.54) is 22.5 Å². The summed E-state index contributed by atoms with van der Waals surface area (Å²) < 4.78 is 1.11. The van der Waals surface area contributed by atoms with Crippen LogP contribution in [0.3, 0.4) is 0 Å². The molecule has 0 spiro atoms. The summed E-state index contributed by atoms with van der Waals surface area (Å²) in [6.07, 6.45) is 0. The number of hydrogen-bond donors (Lipinski definition) is 1. The number of nitrogens with one attached hydrogen (secondary N) is 1. The molecule has 3 heteroatoms. The lowest BCUT2D eigenvalue weighted by Crippen LogP contribution is -2.21. The van der Waals surface area contributed by atoms with Crippen molar-refractivity contribution in [1.82, 2.24) is 5.32 Å². The molecule has 0 amide bonds. The van der Waals surface area contributed by atoms with Crippen LogP contribution in [-0.2, 0) is 0 Å². The Morgan fingerprint density at radius 2 is 1.95 bits per heavy atom. The summed E-state index contributed by atoms with van der Waals surface area (Å²) in [7, 11) is 2.13. The third-order valence-electron chi connectivity index (χ3n) is 3.72. The van der Waals surface area contributed by atoms with Crippen LogP contribution in [0.1, 0.15) is 31.0 Å². The van der Waals surface area contributed by atoms with Crippen molar-refractivity contribution in [1.29, 1.82) is 0 Å². The van der Waals surface area contributed by atoms with Crippen molar-refractivity contribution in [2.24, 2.45) is 0 Å². The number of rotatable bonds is 5. The van der Waals surface area contributed by atoms with Gasteiger partial charge >= 0.3 is 0 Å². The molecule has 0 saturated carbocycles. The molecule has 0 aliphatic rings. The van der Waals surface area contributed by atoms with Gasteiger partial charge in [-0.05, 0) is 61.9 Å². The molecule has 0 radical (unpaired) electrons. The molecule has 1 atom stereocenters. The van der Waals surface area contributed by atoms with Gasteiger partial charge in [-0.15, -0.1) is 0 Å². The largest absolute Gasteiger partial charge is 0.344 e. The minimum absolute atomic E-state index is 0.315. The van der Waals surface area contributed by atoms with Crippen molar-refractivity contribution >= 4 is 27.3 Å². The maximum atomic E-state index is 3.59. The summed E-state index contributed by atoms with van der Waals surface area (Å²) in [4.78, 5) is 2.25. The van der Waals surface area contributed by atoms with Crippen molar-refractivity contribution in [3.8, 4) is 0 Å². The van der Waals surface area contributed by atoms with Crippen molar-refractivity contribution < 1.29 is 0 Å². The molecule has 1 N–H and O–H groups in total. The first kappa shape index (κ1) is 16.1. The minimum atomic E-state index is 0.315. The maximum Gasteiger partial charge on any atom is 0.0457 e. The molecule has 1 unspecified atom stereocenters. The van der Waals surface area contributed by atoms with E-state index in [4.69, 9.17) is 0 Å². The van der Waals surface area contributed by atoms with Gasteiger partial charge in [0.15, 0.2) is 0 Å². The Morgan fingerprint density at radius 1 is 1.19 bits per heavy atom. The molecule has 0 aliphatic heterocycles. The Hall–Kier alpha value is -1.32. The first-order valence-electron chi connectivity index (χ1n) is 7.36. The molecule has 2 nitrogen and oxygen atoms in total. The van der Waals surface area contributed by atoms with Gasteiger partial charge in [0.25, 0.3) is 0 Å². The second-order valence-corrected chi connectivity index (χ2v) is 6.30. The summed E-state index contributed by atoms with van der Waals surface area (Å²) in [5.74, 6) is 0. The van der Waals surface area contributed by atoms with Gasteiger partial charge in [0.05, 0.1) is 0 Å². The summed E-state index contributed by atoms with van der Waals surface area (Å²) in [5, 5.41) is 3.50. The van der Waals surface area contributed by atoms with Gasteiger partial charge in [-0.25, -0.2) is 0 Å². The molecule has 0 aromatic heterocycles. The van der Waals surface area contributed by atoms with E-state index in [9.17, 15) is 0 Å². The van der Waals surface area contributed by atoms with Crippen molar-refractivity contribution in [2.45, 2.75) is 26.8 Å². The van der Waals surface area contributed by atoms with E-state index >= 15 is 0 Å². The molecule has 0 heterocycles. The number of anilines is 2. The van der Waals surface area contributed by atoms with Crippen molar-refractivity contribution in [3.63, 3.8) is 0 Å². The zero-order valence-electron chi connectivity index (χ0n) is 13.2. The molecular formula is C18H23BrN2. The molecule has 2 aromatic carbocycles. The van der Waals surface area contributed by atoms with Gasteiger partial charge in [-0.1, -0.05) is 35.0 Å². The van der Waals surface area contributed by atoms with E-state index in [-0.39, 0.29) is 0 Å². The van der Waals surface area contributed by atoms with Gasteiger partial charge in [-0.3, -0.25) is 0 Å². The summed E-state index contributed by atoms with van der Waals surface area (Å²) in [6, 6.07) is 15.4. The summed E-state index contributed by atoms with van der Waals surface area (Å²) in [5.41, 5.74) is 5.02. The van der Waals surface area contributed by atoms with E-state index in [2.05, 4.69) is 96.4 Å². The highest BCUT2D eigenvalue weighted by atomic mass is 79.9. The summed E-state index contributed by atoms with van der Waals surface area (Å²) in [6.45, 7) is 7.43. The van der Waals surface area contributed by atoms with Gasteiger partial charge in [0.1, 0.15) is 0 Å². The van der Waals surface area contributed by atoms with Crippen LogP contribution in [0.15, 0.2) is 46.9 Å². The molecule has 21 heavy (non-hydrogen) atoms. The van der Waals surface area contributed by atoms with E-state index in [0.29, 0.717) is 6.04 Å². The van der Waals surface area contributed by atoms with Crippen molar-refractivity contribution in [3.05, 3.63) is 58.1 Å². The van der Waals surface area contributed by atoms with Gasteiger partial charge in [0, 0.05) is 28.9 Å². The zero-order chi connectivity index (χ0) is 15.4. The fraction of sp³-hybridized carbons (Fsp3) is 0.333. The highest BCUT2D eigenvalue weighted by Gasteiger charge is 2.14. The van der Waals surface area contributed by atoms with Crippen LogP contribution in [0, 0.1) is 6.92 Å². The van der Waals surface area contributed by atoms with Gasteiger partial charge in [-0.2, -0.15) is 0 Å². The predicted octanol–water partition coefficient (Wildman–Crippen LogP) is 5.20. The molecule has 0 saturated heterocycles. The number of halogens is 1. The van der Waals surface area contributed by atoms with E-state index in [1.54, 1.807) is 0 Å². The van der Waals surface area contributed by atoms with Crippen LogP contribution in [0.4, 0.5) is 11.4 Å². The third kappa shape index (κ3) is 3.86. The topological polar surface area (TPSA) is 15.3 Å². The SMILES string of the molecule is CCNC(C)c1cc(Br)ccc1N(C)c1cccc(C)c1. The number of benzene rings is 2. The molecular weight excluding hydrogens is 324 g/mol. The summed E-state index contributed by atoms with van der Waals surface area (Å²) >= 11 is 3.59. The molecule has 112 valence electrons. The first-order valence-corrected chi connectivity index (χ1v) is 8.15. The highest BCUT2D eigenvalue weighted by molar-refractivity contribution is 9.10. The Bertz CT molecular complexity index is 610. The number of nitrogens with zero attached hydrogens (tertiary/aromatic N) is 1. The minimum Gasteiger partial charge on any atom is -0.344 e. The number of hydrogen-bond acceptors (Lipinski definition) is 2. The molecule has 0 aliphatic carbocycles. The average Bonchev–Trinajstić information content (AvgIpc) is 2.46. The molecule has 2 rings (SSSR count). The van der Waals surface area contributed by atoms with Gasteiger partial charge in [0.2, 0.25) is 0 Å². The van der Waals surface area contributed by atoms with Gasteiger partial charge < -0.3 is 10.2 Å². The fourth-order valence-corrected chi connectivity index (χ4v) is 2.95.